The van der Waals surface area contributed by atoms with Gasteiger partial charge in [-0.15, -0.1) is 12.4 Å². The molecule has 0 N–H and O–H groups in total. The fourth-order valence-corrected chi connectivity index (χ4v) is 3.49. The lowest BCUT2D eigenvalue weighted by molar-refractivity contribution is 0.0940. The highest BCUT2D eigenvalue weighted by Gasteiger charge is 2.36. The maximum absolute atomic E-state index is 6.40. The predicted molar refractivity (Wildman–Crippen MR) is 103 cm³/mol. The summed E-state index contributed by atoms with van der Waals surface area (Å²) in [7, 11) is 2.24. The molecule has 3 heteroatoms. The molecule has 2 aromatic carbocycles. The number of likely N-dealkylation sites (N-methyl/N-ethyl adjacent to an activating group) is 1. The van der Waals surface area contributed by atoms with Gasteiger partial charge in [-0.05, 0) is 49.7 Å². The second-order valence-corrected chi connectivity index (χ2v) is 6.51. The molecule has 0 bridgehead atoms. The third kappa shape index (κ3) is 4.31. The molecule has 2 atom stereocenters. The molecule has 0 fully saturated rings. The van der Waals surface area contributed by atoms with Crippen molar-refractivity contribution in [1.82, 2.24) is 4.90 Å². The fourth-order valence-electron chi connectivity index (χ4n) is 3.49. The number of hydrogen-bond donors (Lipinski definition) is 0. The molecule has 2 nitrogen and oxygen atoms in total. The van der Waals surface area contributed by atoms with Crippen molar-refractivity contribution in [3.05, 3.63) is 65.7 Å². The third-order valence-electron chi connectivity index (χ3n) is 4.83. The van der Waals surface area contributed by atoms with Crippen LogP contribution in [0.15, 0.2) is 54.6 Å². The Labute approximate surface area is 152 Å². The van der Waals surface area contributed by atoms with Crippen LogP contribution in [-0.4, -0.2) is 24.5 Å². The Morgan fingerprint density at radius 3 is 2.46 bits per heavy atom. The first-order valence-corrected chi connectivity index (χ1v) is 8.79. The summed E-state index contributed by atoms with van der Waals surface area (Å²) in [5.41, 5.74) is 2.78. The van der Waals surface area contributed by atoms with E-state index in [1.54, 1.807) is 0 Å². The Morgan fingerprint density at radius 2 is 1.71 bits per heavy atom. The Bertz CT molecular complexity index is 616. The maximum Gasteiger partial charge on any atom is 0.140 e. The van der Waals surface area contributed by atoms with E-state index in [-0.39, 0.29) is 18.5 Å². The normalized spacial score (nSPS) is 19.0. The van der Waals surface area contributed by atoms with Crippen LogP contribution in [0.4, 0.5) is 0 Å². The molecule has 0 heterocycles. The number of unbranched alkanes of at least 4 members (excludes halogenated alkanes) is 2. The summed E-state index contributed by atoms with van der Waals surface area (Å²) in [6.45, 7) is 3.40. The van der Waals surface area contributed by atoms with Crippen molar-refractivity contribution in [3.8, 4) is 5.75 Å². The van der Waals surface area contributed by atoms with Crippen molar-refractivity contribution in [1.29, 1.82) is 0 Å². The van der Waals surface area contributed by atoms with Gasteiger partial charge in [-0.25, -0.2) is 0 Å². The number of hydrogen-bond acceptors (Lipinski definition) is 2. The molecular formula is C21H28ClNO. The highest BCUT2D eigenvalue weighted by Crippen LogP contribution is 2.37. The molecule has 0 saturated carbocycles. The van der Waals surface area contributed by atoms with Gasteiger partial charge < -0.3 is 4.74 Å². The molecule has 130 valence electrons. The van der Waals surface area contributed by atoms with Crippen LogP contribution in [0.5, 0.6) is 5.75 Å². The summed E-state index contributed by atoms with van der Waals surface area (Å²) in [5, 5.41) is 0. The summed E-state index contributed by atoms with van der Waals surface area (Å²) in [6.07, 6.45) is 5.03. The zero-order chi connectivity index (χ0) is 16.1. The topological polar surface area (TPSA) is 12.5 Å². The van der Waals surface area contributed by atoms with E-state index in [2.05, 4.69) is 55.3 Å². The number of benzene rings is 2. The molecule has 0 spiro atoms. The Hall–Kier alpha value is -1.51. The number of para-hydroxylation sites is 1. The molecule has 0 radical (unpaired) electrons. The first kappa shape index (κ1) is 18.8. The third-order valence-corrected chi connectivity index (χ3v) is 4.83. The molecular weight excluding hydrogens is 318 g/mol. The number of rotatable bonds is 7. The van der Waals surface area contributed by atoms with E-state index in [9.17, 15) is 0 Å². The van der Waals surface area contributed by atoms with Crippen LogP contribution in [0, 0.1) is 0 Å². The summed E-state index contributed by atoms with van der Waals surface area (Å²) >= 11 is 0. The second kappa shape index (κ2) is 9.10. The highest BCUT2D eigenvalue weighted by molar-refractivity contribution is 5.85. The van der Waals surface area contributed by atoms with Crippen molar-refractivity contribution in [2.45, 2.75) is 44.8 Å². The molecule has 0 saturated heterocycles. The van der Waals surface area contributed by atoms with Gasteiger partial charge in [0, 0.05) is 0 Å². The molecule has 0 amide bonds. The van der Waals surface area contributed by atoms with E-state index in [0.717, 1.165) is 18.7 Å². The minimum atomic E-state index is 0. The van der Waals surface area contributed by atoms with E-state index in [4.69, 9.17) is 4.74 Å². The summed E-state index contributed by atoms with van der Waals surface area (Å²) in [5.74, 6) is 0.959. The molecule has 0 aromatic heterocycles. The molecule has 3 rings (SSSR count). The zero-order valence-corrected chi connectivity index (χ0v) is 15.5. The lowest BCUT2D eigenvalue weighted by atomic mass is 10.1. The first-order valence-electron chi connectivity index (χ1n) is 8.79. The lowest BCUT2D eigenvalue weighted by Crippen LogP contribution is -2.37. The highest BCUT2D eigenvalue weighted by atomic mass is 35.5. The van der Waals surface area contributed by atoms with E-state index in [0.29, 0.717) is 6.04 Å². The van der Waals surface area contributed by atoms with Crippen molar-refractivity contribution < 1.29 is 4.74 Å². The number of nitrogens with zero attached hydrogens (tertiary/aromatic N) is 1. The SMILES string of the molecule is CCCCCN(C)C1Cc2ccccc2C1Oc1ccccc1.Cl. The van der Waals surface area contributed by atoms with Crippen LogP contribution >= 0.6 is 12.4 Å². The minimum absolute atomic E-state index is 0. The van der Waals surface area contributed by atoms with Crippen LogP contribution < -0.4 is 4.74 Å². The van der Waals surface area contributed by atoms with Gasteiger partial charge in [0.2, 0.25) is 0 Å². The minimum Gasteiger partial charge on any atom is -0.484 e. The van der Waals surface area contributed by atoms with E-state index >= 15 is 0 Å². The molecule has 24 heavy (non-hydrogen) atoms. The largest absolute Gasteiger partial charge is 0.484 e. The quantitative estimate of drug-likeness (QED) is 0.633. The Kier molecular flexibility index (Phi) is 7.14. The van der Waals surface area contributed by atoms with Gasteiger partial charge in [0.05, 0.1) is 6.04 Å². The second-order valence-electron chi connectivity index (χ2n) is 6.51. The van der Waals surface area contributed by atoms with E-state index in [1.165, 1.54) is 30.4 Å². The summed E-state index contributed by atoms with van der Waals surface area (Å²) in [6, 6.07) is 19.4. The predicted octanol–water partition coefficient (Wildman–Crippen LogP) is 5.28. The number of halogens is 1. The van der Waals surface area contributed by atoms with Gasteiger partial charge >= 0.3 is 0 Å². The van der Waals surface area contributed by atoms with Gasteiger partial charge in [-0.2, -0.15) is 0 Å². The van der Waals surface area contributed by atoms with Crippen molar-refractivity contribution in [2.24, 2.45) is 0 Å². The molecule has 0 aliphatic heterocycles. The monoisotopic (exact) mass is 345 g/mol. The van der Waals surface area contributed by atoms with Gasteiger partial charge in [-0.1, -0.05) is 62.2 Å². The van der Waals surface area contributed by atoms with Gasteiger partial charge in [0.25, 0.3) is 0 Å². The van der Waals surface area contributed by atoms with E-state index < -0.39 is 0 Å². The van der Waals surface area contributed by atoms with Gasteiger partial charge in [-0.3, -0.25) is 4.90 Å². The zero-order valence-electron chi connectivity index (χ0n) is 14.7. The van der Waals surface area contributed by atoms with E-state index in [1.807, 2.05) is 18.2 Å². The van der Waals surface area contributed by atoms with Crippen LogP contribution in [0.3, 0.4) is 0 Å². The van der Waals surface area contributed by atoms with Crippen LogP contribution in [-0.2, 0) is 6.42 Å². The summed E-state index contributed by atoms with van der Waals surface area (Å²) < 4.78 is 6.40. The molecule has 2 unspecified atom stereocenters. The molecule has 1 aliphatic rings. The van der Waals surface area contributed by atoms with Crippen LogP contribution in [0.1, 0.15) is 43.4 Å². The summed E-state index contributed by atoms with van der Waals surface area (Å²) in [4.78, 5) is 2.49. The number of fused-ring (bicyclic) bond motifs is 1. The Morgan fingerprint density at radius 1 is 1.00 bits per heavy atom. The van der Waals surface area contributed by atoms with Crippen LogP contribution in [0.25, 0.3) is 0 Å². The fraction of sp³-hybridized carbons (Fsp3) is 0.429. The van der Waals surface area contributed by atoms with Crippen molar-refractivity contribution in [3.63, 3.8) is 0 Å². The first-order chi connectivity index (χ1) is 11.3. The standard InChI is InChI=1S/C21H27NO.ClH/c1-3-4-10-15-22(2)20-16-17-11-8-9-14-19(17)21(20)23-18-12-6-5-7-13-18;/h5-9,11-14,20-21H,3-4,10,15-16H2,1-2H3;1H. The maximum atomic E-state index is 6.40. The molecule has 1 aliphatic carbocycles. The van der Waals surface area contributed by atoms with Crippen molar-refractivity contribution in [2.75, 3.05) is 13.6 Å². The lowest BCUT2D eigenvalue weighted by Gasteiger charge is -2.30. The molecule has 2 aromatic rings. The smallest absolute Gasteiger partial charge is 0.140 e. The van der Waals surface area contributed by atoms with Gasteiger partial charge in [0.15, 0.2) is 0 Å². The number of ether oxygens (including phenoxy) is 1. The van der Waals surface area contributed by atoms with Crippen LogP contribution in [0.2, 0.25) is 0 Å². The van der Waals surface area contributed by atoms with Crippen molar-refractivity contribution >= 4 is 12.4 Å². The van der Waals surface area contributed by atoms with Gasteiger partial charge in [0.1, 0.15) is 11.9 Å². The average molecular weight is 346 g/mol. The average Bonchev–Trinajstić information content (AvgIpc) is 2.95. The Balaban J connectivity index is 0.00000208.